The lowest BCUT2D eigenvalue weighted by Gasteiger charge is -2.19. The predicted octanol–water partition coefficient (Wildman–Crippen LogP) is 5.23. The van der Waals surface area contributed by atoms with Crippen LogP contribution < -0.4 is 10.5 Å². The van der Waals surface area contributed by atoms with E-state index >= 15 is 0 Å². The van der Waals surface area contributed by atoms with Crippen LogP contribution in [0.5, 0.6) is 5.75 Å². The number of primary amides is 1. The van der Waals surface area contributed by atoms with Gasteiger partial charge in [0.15, 0.2) is 0 Å². The molecule has 0 saturated heterocycles. The molecule has 4 nitrogen and oxygen atoms in total. The minimum atomic E-state index is -0.403. The number of ether oxygens (including phenoxy) is 1. The van der Waals surface area contributed by atoms with Crippen LogP contribution in [0, 0.1) is 13.8 Å². The molecule has 1 aromatic heterocycles. The van der Waals surface area contributed by atoms with E-state index in [1.165, 1.54) is 5.56 Å². The van der Waals surface area contributed by atoms with Crippen molar-refractivity contribution >= 4 is 5.91 Å². The second kappa shape index (κ2) is 7.78. The average molecular weight is 391 g/mol. The molecule has 0 unspecified atom stereocenters. The van der Waals surface area contributed by atoms with Gasteiger partial charge >= 0.3 is 0 Å². The Morgan fingerprint density at radius 1 is 1.00 bits per heavy atom. The fraction of sp³-hybridized carbons (Fsp3) is 0.320. The normalized spacial score (nSPS) is 11.5. The van der Waals surface area contributed by atoms with E-state index in [0.29, 0.717) is 12.1 Å². The number of para-hydroxylation sites is 1. The van der Waals surface area contributed by atoms with Gasteiger partial charge in [-0.1, -0.05) is 63.2 Å². The maximum absolute atomic E-state index is 12.4. The van der Waals surface area contributed by atoms with E-state index in [0.717, 1.165) is 33.8 Å². The Balaban J connectivity index is 2.13. The van der Waals surface area contributed by atoms with Crippen LogP contribution in [0.2, 0.25) is 0 Å². The van der Waals surface area contributed by atoms with Crippen LogP contribution in [0.1, 0.15) is 53.6 Å². The molecule has 0 aliphatic rings. The van der Waals surface area contributed by atoms with Gasteiger partial charge in [0.25, 0.3) is 5.91 Å². The van der Waals surface area contributed by atoms with Crippen LogP contribution in [0.4, 0.5) is 0 Å². The highest BCUT2D eigenvalue weighted by Gasteiger charge is 2.23. The van der Waals surface area contributed by atoms with Crippen molar-refractivity contribution in [3.05, 3.63) is 76.6 Å². The van der Waals surface area contributed by atoms with E-state index in [-0.39, 0.29) is 5.41 Å². The number of hydrogen-bond acceptors (Lipinski definition) is 2. The highest BCUT2D eigenvalue weighted by Crippen LogP contribution is 2.35. The Hall–Kier alpha value is -3.01. The number of rotatable bonds is 5. The summed E-state index contributed by atoms with van der Waals surface area (Å²) in [4.78, 5) is 12.4. The largest absolute Gasteiger partial charge is 0.496 e. The first kappa shape index (κ1) is 20.7. The number of benzene rings is 2. The Morgan fingerprint density at radius 3 is 2.17 bits per heavy atom. The minimum Gasteiger partial charge on any atom is -0.496 e. The number of methoxy groups -OCH3 is 1. The second-order valence-corrected chi connectivity index (χ2v) is 8.51. The molecule has 29 heavy (non-hydrogen) atoms. The van der Waals surface area contributed by atoms with Gasteiger partial charge in [-0.05, 0) is 36.5 Å². The van der Waals surface area contributed by atoms with Crippen molar-refractivity contribution in [3.63, 3.8) is 0 Å². The molecule has 0 aliphatic carbocycles. The van der Waals surface area contributed by atoms with Crippen LogP contribution in [0.3, 0.4) is 0 Å². The van der Waals surface area contributed by atoms with Gasteiger partial charge in [-0.25, -0.2) is 0 Å². The molecule has 0 bridgehead atoms. The van der Waals surface area contributed by atoms with E-state index < -0.39 is 5.91 Å². The lowest BCUT2D eigenvalue weighted by Crippen LogP contribution is -2.14. The molecule has 0 spiro atoms. The maximum Gasteiger partial charge on any atom is 0.251 e. The van der Waals surface area contributed by atoms with Crippen molar-refractivity contribution in [1.82, 2.24) is 4.57 Å². The van der Waals surface area contributed by atoms with Gasteiger partial charge in [-0.15, -0.1) is 0 Å². The number of amides is 1. The van der Waals surface area contributed by atoms with Crippen LogP contribution in [-0.4, -0.2) is 17.6 Å². The number of nitrogens with zero attached hydrogens (tertiary/aromatic N) is 1. The predicted molar refractivity (Wildman–Crippen MR) is 119 cm³/mol. The quantitative estimate of drug-likeness (QED) is 0.649. The molecule has 1 heterocycles. The smallest absolute Gasteiger partial charge is 0.251 e. The zero-order valence-electron chi connectivity index (χ0n) is 18.2. The average Bonchev–Trinajstić information content (AvgIpc) is 2.92. The Labute approximate surface area is 173 Å². The van der Waals surface area contributed by atoms with Crippen molar-refractivity contribution in [2.24, 2.45) is 5.73 Å². The van der Waals surface area contributed by atoms with E-state index in [4.69, 9.17) is 10.5 Å². The zero-order chi connectivity index (χ0) is 21.3. The van der Waals surface area contributed by atoms with Crippen LogP contribution in [0.15, 0.2) is 48.5 Å². The molecule has 0 radical (unpaired) electrons. The van der Waals surface area contributed by atoms with Crippen LogP contribution in [-0.2, 0) is 12.0 Å². The lowest BCUT2D eigenvalue weighted by atomic mass is 9.86. The summed E-state index contributed by atoms with van der Waals surface area (Å²) in [6, 6.07) is 16.4. The topological polar surface area (TPSA) is 57.2 Å². The first-order valence-corrected chi connectivity index (χ1v) is 9.87. The summed E-state index contributed by atoms with van der Waals surface area (Å²) in [5, 5.41) is 0. The summed E-state index contributed by atoms with van der Waals surface area (Å²) < 4.78 is 7.65. The van der Waals surface area contributed by atoms with Gasteiger partial charge < -0.3 is 15.0 Å². The van der Waals surface area contributed by atoms with Gasteiger partial charge in [0.1, 0.15) is 5.75 Å². The molecule has 3 rings (SSSR count). The summed E-state index contributed by atoms with van der Waals surface area (Å²) >= 11 is 0. The third-order valence-electron chi connectivity index (χ3n) is 5.59. The van der Waals surface area contributed by atoms with Crippen molar-refractivity contribution < 1.29 is 9.53 Å². The monoisotopic (exact) mass is 390 g/mol. The molecule has 2 aromatic carbocycles. The standard InChI is InChI=1S/C25H30N2O2/c1-16-22(18-11-13-20(14-12-18)25(3,4)5)23(24(26)28)17(2)27(16)15-19-9-7-8-10-21(19)29-6/h7-14H,15H2,1-6H3,(H2,26,28). The van der Waals surface area contributed by atoms with E-state index in [2.05, 4.69) is 49.6 Å². The van der Waals surface area contributed by atoms with Gasteiger partial charge in [0.2, 0.25) is 0 Å². The van der Waals surface area contributed by atoms with Gasteiger partial charge in [-0.3, -0.25) is 4.79 Å². The van der Waals surface area contributed by atoms with Gasteiger partial charge in [-0.2, -0.15) is 0 Å². The SMILES string of the molecule is COc1ccccc1Cn1c(C)c(C(N)=O)c(-c2ccc(C(C)(C)C)cc2)c1C. The van der Waals surface area contributed by atoms with E-state index in [1.807, 2.05) is 38.1 Å². The third kappa shape index (κ3) is 3.93. The third-order valence-corrected chi connectivity index (χ3v) is 5.59. The second-order valence-electron chi connectivity index (χ2n) is 8.51. The molecule has 4 heteroatoms. The fourth-order valence-corrected chi connectivity index (χ4v) is 3.92. The molecule has 0 aliphatic heterocycles. The van der Waals surface area contributed by atoms with Crippen molar-refractivity contribution in [2.45, 2.75) is 46.6 Å². The molecule has 2 N–H and O–H groups in total. The van der Waals surface area contributed by atoms with E-state index in [9.17, 15) is 4.79 Å². The summed E-state index contributed by atoms with van der Waals surface area (Å²) in [7, 11) is 1.67. The summed E-state index contributed by atoms with van der Waals surface area (Å²) in [6.45, 7) is 11.2. The number of carbonyl (C=O) groups is 1. The minimum absolute atomic E-state index is 0.0752. The molecule has 152 valence electrons. The van der Waals surface area contributed by atoms with Crippen LogP contribution in [0.25, 0.3) is 11.1 Å². The maximum atomic E-state index is 12.4. The number of hydrogen-bond donors (Lipinski definition) is 1. The van der Waals surface area contributed by atoms with Gasteiger partial charge in [0.05, 0.1) is 19.2 Å². The molecular formula is C25H30N2O2. The molecule has 3 aromatic rings. The number of aromatic nitrogens is 1. The molecule has 1 amide bonds. The lowest BCUT2D eigenvalue weighted by molar-refractivity contribution is 0.1000. The number of nitrogens with two attached hydrogens (primary N) is 1. The highest BCUT2D eigenvalue weighted by atomic mass is 16.5. The molecular weight excluding hydrogens is 360 g/mol. The Morgan fingerprint density at radius 2 is 1.62 bits per heavy atom. The van der Waals surface area contributed by atoms with Gasteiger partial charge in [0, 0.05) is 22.5 Å². The Kier molecular flexibility index (Phi) is 5.56. The molecule has 0 fully saturated rings. The molecule has 0 saturated carbocycles. The highest BCUT2D eigenvalue weighted by molar-refractivity contribution is 6.02. The van der Waals surface area contributed by atoms with Crippen molar-refractivity contribution in [3.8, 4) is 16.9 Å². The zero-order valence-corrected chi connectivity index (χ0v) is 18.2. The first-order chi connectivity index (χ1) is 13.6. The number of carbonyl (C=O) groups excluding carboxylic acids is 1. The fourth-order valence-electron chi connectivity index (χ4n) is 3.92. The molecule has 0 atom stereocenters. The van der Waals surface area contributed by atoms with Crippen molar-refractivity contribution in [1.29, 1.82) is 0 Å². The Bertz CT molecular complexity index is 1040. The summed E-state index contributed by atoms with van der Waals surface area (Å²) in [6.07, 6.45) is 0. The summed E-state index contributed by atoms with van der Waals surface area (Å²) in [5.74, 6) is 0.427. The van der Waals surface area contributed by atoms with Crippen LogP contribution >= 0.6 is 0 Å². The first-order valence-electron chi connectivity index (χ1n) is 9.87. The van der Waals surface area contributed by atoms with E-state index in [1.54, 1.807) is 7.11 Å². The van der Waals surface area contributed by atoms with Crippen molar-refractivity contribution in [2.75, 3.05) is 7.11 Å². The summed E-state index contributed by atoms with van der Waals surface area (Å²) in [5.41, 5.74) is 12.6.